The fourth-order valence-corrected chi connectivity index (χ4v) is 2.15. The molecule has 7 heteroatoms. The summed E-state index contributed by atoms with van der Waals surface area (Å²) in [5.74, 6) is 0.150. The summed E-state index contributed by atoms with van der Waals surface area (Å²) in [6.45, 7) is 3.16. The van der Waals surface area contributed by atoms with E-state index < -0.39 is 5.97 Å². The monoisotopic (exact) mass is 341 g/mol. The maximum absolute atomic E-state index is 12.3. The lowest BCUT2D eigenvalue weighted by atomic mass is 10.2. The first-order valence-corrected chi connectivity index (χ1v) is 7.61. The predicted molar refractivity (Wildman–Crippen MR) is 91.3 cm³/mol. The van der Waals surface area contributed by atoms with Gasteiger partial charge in [0.1, 0.15) is 6.54 Å². The van der Waals surface area contributed by atoms with E-state index in [0.29, 0.717) is 31.3 Å². The number of hydrogen-bond acceptors (Lipinski definition) is 4. The molecule has 1 saturated carbocycles. The number of ether oxygens (including phenoxy) is 1. The number of esters is 1. The summed E-state index contributed by atoms with van der Waals surface area (Å²) in [5.41, 5.74) is 7.39. The number of nitrogens with zero attached hydrogens (tertiary/aromatic N) is 1. The summed E-state index contributed by atoms with van der Waals surface area (Å²) in [6.07, 6.45) is 2.31. The fraction of sp³-hybridized carbons (Fsp3) is 0.500. The van der Waals surface area contributed by atoms with Gasteiger partial charge in [0.25, 0.3) is 0 Å². The van der Waals surface area contributed by atoms with Crippen molar-refractivity contribution in [2.24, 2.45) is 5.92 Å². The van der Waals surface area contributed by atoms with Gasteiger partial charge >= 0.3 is 12.0 Å². The highest BCUT2D eigenvalue weighted by Crippen LogP contribution is 2.30. The number of nitrogens with two attached hydrogens (primary N) is 1. The summed E-state index contributed by atoms with van der Waals surface area (Å²) in [7, 11) is 0. The highest BCUT2D eigenvalue weighted by Gasteiger charge is 2.27. The van der Waals surface area contributed by atoms with E-state index in [2.05, 4.69) is 5.32 Å². The Morgan fingerprint density at radius 1 is 1.30 bits per heavy atom. The van der Waals surface area contributed by atoms with E-state index in [1.165, 1.54) is 0 Å². The van der Waals surface area contributed by atoms with Crippen molar-refractivity contribution in [1.29, 1.82) is 0 Å². The van der Waals surface area contributed by atoms with E-state index in [4.69, 9.17) is 10.5 Å². The smallest absolute Gasteiger partial charge is 0.325 e. The zero-order chi connectivity index (χ0) is 15.9. The average molecular weight is 342 g/mol. The topological polar surface area (TPSA) is 84.7 Å². The molecule has 128 valence electrons. The van der Waals surface area contributed by atoms with Crippen LogP contribution in [-0.4, -0.2) is 36.6 Å². The lowest BCUT2D eigenvalue weighted by Gasteiger charge is -2.23. The third-order valence-electron chi connectivity index (χ3n) is 3.51. The van der Waals surface area contributed by atoms with Crippen LogP contribution in [-0.2, 0) is 16.1 Å². The summed E-state index contributed by atoms with van der Waals surface area (Å²) in [5, 5.41) is 2.62. The Hall–Kier alpha value is -1.95. The van der Waals surface area contributed by atoms with E-state index in [9.17, 15) is 9.59 Å². The van der Waals surface area contributed by atoms with Crippen LogP contribution in [0.15, 0.2) is 24.3 Å². The molecule has 0 bridgehead atoms. The van der Waals surface area contributed by atoms with Crippen LogP contribution in [0.25, 0.3) is 0 Å². The van der Waals surface area contributed by atoms with Crippen molar-refractivity contribution in [2.75, 3.05) is 25.4 Å². The van der Waals surface area contributed by atoms with Gasteiger partial charge in [-0.3, -0.25) is 4.79 Å². The second kappa shape index (κ2) is 9.25. The SMILES string of the molecule is CCOC(=O)CNC(=O)N(Cc1ccc(N)cc1)CC1CC1.Cl. The summed E-state index contributed by atoms with van der Waals surface area (Å²) in [6, 6.07) is 7.22. The lowest BCUT2D eigenvalue weighted by molar-refractivity contribution is -0.141. The van der Waals surface area contributed by atoms with Gasteiger partial charge in [0.2, 0.25) is 0 Å². The molecule has 1 aliphatic rings. The first kappa shape index (κ1) is 19.1. The van der Waals surface area contributed by atoms with Crippen LogP contribution in [0, 0.1) is 5.92 Å². The van der Waals surface area contributed by atoms with Crippen molar-refractivity contribution >= 4 is 30.1 Å². The molecule has 3 N–H and O–H groups in total. The van der Waals surface area contributed by atoms with Gasteiger partial charge in [-0.25, -0.2) is 4.79 Å². The van der Waals surface area contributed by atoms with Gasteiger partial charge in [-0.1, -0.05) is 12.1 Å². The number of halogens is 1. The summed E-state index contributed by atoms with van der Waals surface area (Å²) in [4.78, 5) is 25.3. The van der Waals surface area contributed by atoms with E-state index in [1.54, 1.807) is 11.8 Å². The number of amides is 2. The molecule has 6 nitrogen and oxygen atoms in total. The number of nitrogens with one attached hydrogen (secondary N) is 1. The molecular weight excluding hydrogens is 318 g/mol. The Balaban J connectivity index is 0.00000264. The highest BCUT2D eigenvalue weighted by molar-refractivity contribution is 5.85. The second-order valence-corrected chi connectivity index (χ2v) is 5.53. The van der Waals surface area contributed by atoms with Gasteiger partial charge in [0.15, 0.2) is 0 Å². The molecule has 1 aromatic carbocycles. The molecule has 0 saturated heterocycles. The zero-order valence-electron chi connectivity index (χ0n) is 13.3. The van der Waals surface area contributed by atoms with Gasteiger partial charge < -0.3 is 20.7 Å². The Bertz CT molecular complexity index is 518. The maximum atomic E-state index is 12.3. The number of anilines is 1. The Labute approximate surface area is 142 Å². The molecule has 2 amide bonds. The molecule has 1 fully saturated rings. The van der Waals surface area contributed by atoms with Crippen LogP contribution in [0.5, 0.6) is 0 Å². The van der Waals surface area contributed by atoms with Gasteiger partial charge in [-0.2, -0.15) is 0 Å². The van der Waals surface area contributed by atoms with E-state index >= 15 is 0 Å². The minimum Gasteiger partial charge on any atom is -0.465 e. The van der Waals surface area contributed by atoms with Crippen molar-refractivity contribution in [2.45, 2.75) is 26.3 Å². The number of nitrogen functional groups attached to an aromatic ring is 1. The number of hydrogen-bond donors (Lipinski definition) is 2. The standard InChI is InChI=1S/C16H23N3O3.ClH/c1-2-22-15(20)9-18-16(21)19(10-12-3-4-12)11-13-5-7-14(17)8-6-13;/h5-8,12H,2-4,9-11,17H2,1H3,(H,18,21);1H. The average Bonchev–Trinajstić information content (AvgIpc) is 3.31. The van der Waals surface area contributed by atoms with Crippen LogP contribution >= 0.6 is 12.4 Å². The Morgan fingerprint density at radius 2 is 1.96 bits per heavy atom. The molecule has 1 aromatic rings. The molecule has 0 radical (unpaired) electrons. The first-order chi connectivity index (χ1) is 10.6. The van der Waals surface area contributed by atoms with Crippen molar-refractivity contribution < 1.29 is 14.3 Å². The number of urea groups is 1. The van der Waals surface area contributed by atoms with Gasteiger partial charge in [-0.05, 0) is 43.4 Å². The Kier molecular flexibility index (Phi) is 7.68. The molecule has 0 spiro atoms. The normalized spacial score (nSPS) is 12.9. The largest absolute Gasteiger partial charge is 0.465 e. The Morgan fingerprint density at radius 3 is 2.52 bits per heavy atom. The van der Waals surface area contributed by atoms with Crippen LogP contribution in [0.4, 0.5) is 10.5 Å². The van der Waals surface area contributed by atoms with Crippen LogP contribution < -0.4 is 11.1 Å². The van der Waals surface area contributed by atoms with Crippen LogP contribution in [0.1, 0.15) is 25.3 Å². The molecular formula is C16H24ClN3O3. The number of benzene rings is 1. The van der Waals surface area contributed by atoms with E-state index in [1.807, 2.05) is 24.3 Å². The minimum absolute atomic E-state index is 0. The first-order valence-electron chi connectivity index (χ1n) is 7.61. The number of carbonyl (C=O) groups is 2. The molecule has 1 aliphatic carbocycles. The highest BCUT2D eigenvalue weighted by atomic mass is 35.5. The maximum Gasteiger partial charge on any atom is 0.325 e. The second-order valence-electron chi connectivity index (χ2n) is 5.53. The van der Waals surface area contributed by atoms with Crippen molar-refractivity contribution in [3.05, 3.63) is 29.8 Å². The summed E-state index contributed by atoms with van der Waals surface area (Å²) >= 11 is 0. The van der Waals surface area contributed by atoms with Gasteiger partial charge in [0.05, 0.1) is 6.61 Å². The van der Waals surface area contributed by atoms with Crippen LogP contribution in [0.3, 0.4) is 0 Å². The van der Waals surface area contributed by atoms with Gasteiger partial charge in [0, 0.05) is 18.8 Å². The molecule has 23 heavy (non-hydrogen) atoms. The molecule has 0 heterocycles. The predicted octanol–water partition coefficient (Wildman–Crippen LogP) is 2.18. The van der Waals surface area contributed by atoms with Crippen molar-refractivity contribution in [1.82, 2.24) is 10.2 Å². The molecule has 0 unspecified atom stereocenters. The van der Waals surface area contributed by atoms with Gasteiger partial charge in [-0.15, -0.1) is 12.4 Å². The van der Waals surface area contributed by atoms with E-state index in [-0.39, 0.29) is 25.0 Å². The van der Waals surface area contributed by atoms with Crippen molar-refractivity contribution in [3.63, 3.8) is 0 Å². The van der Waals surface area contributed by atoms with E-state index in [0.717, 1.165) is 18.4 Å². The minimum atomic E-state index is -0.422. The number of carbonyl (C=O) groups excluding carboxylic acids is 2. The third kappa shape index (κ3) is 6.78. The quantitative estimate of drug-likeness (QED) is 0.588. The van der Waals surface area contributed by atoms with Crippen LogP contribution in [0.2, 0.25) is 0 Å². The van der Waals surface area contributed by atoms with Crippen molar-refractivity contribution in [3.8, 4) is 0 Å². The lowest BCUT2D eigenvalue weighted by Crippen LogP contribution is -2.42. The fourth-order valence-electron chi connectivity index (χ4n) is 2.15. The molecule has 0 atom stereocenters. The zero-order valence-corrected chi connectivity index (χ0v) is 14.1. The molecule has 2 rings (SSSR count). The third-order valence-corrected chi connectivity index (χ3v) is 3.51. The number of rotatable bonds is 7. The molecule has 0 aromatic heterocycles. The molecule has 0 aliphatic heterocycles. The summed E-state index contributed by atoms with van der Waals surface area (Å²) < 4.78 is 4.81.